The standard InChI is InChI=1S/C24H31F2N5O.HI/c1-4-16(2)29-23(32)18-7-5-6-17(12-18)14-28-24(27-3)30-20-10-11-31(15-20)22-9-8-19(25)13-21(22)26;/h5-9,12-13,16,20H,4,10-11,14-15H2,1-3H3,(H,29,32)(H2,27,28,30);1H. The number of halogens is 3. The Bertz CT molecular complexity index is 972. The predicted molar refractivity (Wildman–Crippen MR) is 139 cm³/mol. The highest BCUT2D eigenvalue weighted by molar-refractivity contribution is 14.0. The van der Waals surface area contributed by atoms with Crippen LogP contribution in [0.2, 0.25) is 0 Å². The molecule has 0 saturated carbocycles. The van der Waals surface area contributed by atoms with Crippen LogP contribution in [0.15, 0.2) is 47.5 Å². The molecule has 0 radical (unpaired) electrons. The molecule has 0 aliphatic carbocycles. The lowest BCUT2D eigenvalue weighted by atomic mass is 10.1. The minimum Gasteiger partial charge on any atom is -0.367 e. The zero-order chi connectivity index (χ0) is 23.1. The highest BCUT2D eigenvalue weighted by atomic mass is 127. The highest BCUT2D eigenvalue weighted by Crippen LogP contribution is 2.24. The van der Waals surface area contributed by atoms with Crippen molar-refractivity contribution in [1.82, 2.24) is 16.0 Å². The molecule has 1 heterocycles. The van der Waals surface area contributed by atoms with Crippen LogP contribution in [0, 0.1) is 11.6 Å². The van der Waals surface area contributed by atoms with Crippen LogP contribution in [0.3, 0.4) is 0 Å². The van der Waals surface area contributed by atoms with Crippen molar-refractivity contribution in [2.24, 2.45) is 4.99 Å². The molecule has 0 bridgehead atoms. The molecule has 1 fully saturated rings. The normalized spacial score (nSPS) is 16.7. The number of carbonyl (C=O) groups excluding carboxylic acids is 1. The van der Waals surface area contributed by atoms with Crippen LogP contribution < -0.4 is 20.9 Å². The van der Waals surface area contributed by atoms with Gasteiger partial charge in [-0.3, -0.25) is 9.79 Å². The molecule has 180 valence electrons. The molecule has 3 N–H and O–H groups in total. The van der Waals surface area contributed by atoms with Crippen LogP contribution in [0.5, 0.6) is 0 Å². The quantitative estimate of drug-likeness (QED) is 0.267. The molecule has 1 aliphatic rings. The first kappa shape index (κ1) is 26.8. The van der Waals surface area contributed by atoms with Crippen LogP contribution in [0.4, 0.5) is 14.5 Å². The number of nitrogens with one attached hydrogen (secondary N) is 3. The summed E-state index contributed by atoms with van der Waals surface area (Å²) in [4.78, 5) is 18.5. The van der Waals surface area contributed by atoms with Crippen molar-refractivity contribution in [1.29, 1.82) is 0 Å². The second-order valence-electron chi connectivity index (χ2n) is 8.08. The summed E-state index contributed by atoms with van der Waals surface area (Å²) in [5, 5.41) is 9.60. The number of carbonyl (C=O) groups is 1. The number of anilines is 1. The minimum atomic E-state index is -0.578. The molecule has 1 saturated heterocycles. The molecule has 2 unspecified atom stereocenters. The lowest BCUT2D eigenvalue weighted by Crippen LogP contribution is -2.44. The molecule has 2 aromatic carbocycles. The molecule has 1 amide bonds. The predicted octanol–water partition coefficient (Wildman–Crippen LogP) is 4.06. The van der Waals surface area contributed by atoms with Crippen molar-refractivity contribution >= 4 is 41.5 Å². The van der Waals surface area contributed by atoms with Gasteiger partial charge >= 0.3 is 0 Å². The van der Waals surface area contributed by atoms with Gasteiger partial charge in [0.1, 0.15) is 11.6 Å². The molecule has 0 aromatic heterocycles. The van der Waals surface area contributed by atoms with E-state index in [-0.39, 0.29) is 42.0 Å². The summed E-state index contributed by atoms with van der Waals surface area (Å²) in [7, 11) is 1.69. The Balaban J connectivity index is 0.00000385. The van der Waals surface area contributed by atoms with Gasteiger partial charge in [-0.15, -0.1) is 24.0 Å². The summed E-state index contributed by atoms with van der Waals surface area (Å²) < 4.78 is 27.3. The molecular weight excluding hydrogens is 539 g/mol. The van der Waals surface area contributed by atoms with E-state index in [9.17, 15) is 13.6 Å². The van der Waals surface area contributed by atoms with E-state index in [0.717, 1.165) is 24.5 Å². The smallest absolute Gasteiger partial charge is 0.251 e. The van der Waals surface area contributed by atoms with Gasteiger partial charge in [0, 0.05) is 50.4 Å². The third-order valence-electron chi connectivity index (χ3n) is 5.64. The zero-order valence-electron chi connectivity index (χ0n) is 19.2. The number of amides is 1. The molecule has 9 heteroatoms. The van der Waals surface area contributed by atoms with E-state index in [1.165, 1.54) is 12.1 Å². The Morgan fingerprint density at radius 1 is 1.24 bits per heavy atom. The van der Waals surface area contributed by atoms with Crippen LogP contribution in [-0.2, 0) is 6.54 Å². The van der Waals surface area contributed by atoms with Crippen molar-refractivity contribution < 1.29 is 13.6 Å². The maximum Gasteiger partial charge on any atom is 0.251 e. The zero-order valence-corrected chi connectivity index (χ0v) is 21.5. The summed E-state index contributed by atoms with van der Waals surface area (Å²) in [6, 6.07) is 11.4. The summed E-state index contributed by atoms with van der Waals surface area (Å²) in [6.45, 7) is 5.78. The maximum absolute atomic E-state index is 14.1. The molecular formula is C24H32F2IN5O. The molecule has 3 rings (SSSR count). The molecule has 0 spiro atoms. The number of benzene rings is 2. The highest BCUT2D eigenvalue weighted by Gasteiger charge is 2.25. The van der Waals surface area contributed by atoms with Gasteiger partial charge in [0.15, 0.2) is 5.96 Å². The van der Waals surface area contributed by atoms with E-state index in [1.807, 2.05) is 36.9 Å². The first-order valence-corrected chi connectivity index (χ1v) is 11.0. The van der Waals surface area contributed by atoms with Gasteiger partial charge in [0.2, 0.25) is 0 Å². The maximum atomic E-state index is 14.1. The molecule has 6 nitrogen and oxygen atoms in total. The lowest BCUT2D eigenvalue weighted by Gasteiger charge is -2.21. The topological polar surface area (TPSA) is 68.8 Å². The second kappa shape index (κ2) is 12.7. The number of rotatable bonds is 7. The van der Waals surface area contributed by atoms with E-state index in [0.29, 0.717) is 36.8 Å². The van der Waals surface area contributed by atoms with Gasteiger partial charge in [0.25, 0.3) is 5.91 Å². The summed E-state index contributed by atoms with van der Waals surface area (Å²) in [5.74, 6) is -0.578. The number of aliphatic imine (C=N–C) groups is 1. The van der Waals surface area contributed by atoms with Crippen molar-refractivity contribution in [3.8, 4) is 0 Å². The number of guanidine groups is 1. The van der Waals surface area contributed by atoms with Crippen molar-refractivity contribution in [2.75, 3.05) is 25.0 Å². The first-order chi connectivity index (χ1) is 15.4. The summed E-state index contributed by atoms with van der Waals surface area (Å²) >= 11 is 0. The van der Waals surface area contributed by atoms with Gasteiger partial charge in [-0.05, 0) is 49.6 Å². The minimum absolute atomic E-state index is 0. The van der Waals surface area contributed by atoms with E-state index < -0.39 is 11.6 Å². The van der Waals surface area contributed by atoms with Crippen LogP contribution in [0.1, 0.15) is 42.6 Å². The Morgan fingerprint density at radius 3 is 2.73 bits per heavy atom. The van der Waals surface area contributed by atoms with E-state index >= 15 is 0 Å². The fourth-order valence-corrected chi connectivity index (χ4v) is 3.64. The number of nitrogens with zero attached hydrogens (tertiary/aromatic N) is 2. The van der Waals surface area contributed by atoms with Crippen molar-refractivity contribution in [3.05, 3.63) is 65.2 Å². The van der Waals surface area contributed by atoms with Crippen LogP contribution in [-0.4, -0.2) is 44.1 Å². The van der Waals surface area contributed by atoms with Crippen LogP contribution >= 0.6 is 24.0 Å². The number of hydrogen-bond acceptors (Lipinski definition) is 3. The second-order valence-corrected chi connectivity index (χ2v) is 8.08. The monoisotopic (exact) mass is 571 g/mol. The fourth-order valence-electron chi connectivity index (χ4n) is 3.64. The summed E-state index contributed by atoms with van der Waals surface area (Å²) in [6.07, 6.45) is 1.68. The van der Waals surface area contributed by atoms with Crippen molar-refractivity contribution in [2.45, 2.75) is 45.3 Å². The van der Waals surface area contributed by atoms with Crippen molar-refractivity contribution in [3.63, 3.8) is 0 Å². The molecule has 2 aromatic rings. The third-order valence-corrected chi connectivity index (χ3v) is 5.64. The van der Waals surface area contributed by atoms with Gasteiger partial charge in [-0.1, -0.05) is 19.1 Å². The average molecular weight is 571 g/mol. The lowest BCUT2D eigenvalue weighted by molar-refractivity contribution is 0.0939. The van der Waals surface area contributed by atoms with Gasteiger partial charge in [0.05, 0.1) is 5.69 Å². The van der Waals surface area contributed by atoms with E-state index in [2.05, 4.69) is 20.9 Å². The molecule has 1 aliphatic heterocycles. The fraction of sp³-hybridized carbons (Fsp3) is 0.417. The Kier molecular flexibility index (Phi) is 10.3. The average Bonchev–Trinajstić information content (AvgIpc) is 3.24. The van der Waals surface area contributed by atoms with E-state index in [4.69, 9.17) is 0 Å². The van der Waals surface area contributed by atoms with Gasteiger partial charge in [-0.2, -0.15) is 0 Å². The van der Waals surface area contributed by atoms with Gasteiger partial charge < -0.3 is 20.9 Å². The molecule has 33 heavy (non-hydrogen) atoms. The van der Waals surface area contributed by atoms with Gasteiger partial charge in [-0.25, -0.2) is 8.78 Å². The largest absolute Gasteiger partial charge is 0.367 e. The number of hydrogen-bond donors (Lipinski definition) is 3. The van der Waals surface area contributed by atoms with E-state index in [1.54, 1.807) is 13.1 Å². The Hall–Kier alpha value is -2.43. The molecule has 2 atom stereocenters. The van der Waals surface area contributed by atoms with Crippen LogP contribution in [0.25, 0.3) is 0 Å². The SMILES string of the molecule is CCC(C)NC(=O)c1cccc(CNC(=NC)NC2CCN(c3ccc(F)cc3F)C2)c1.I. The Morgan fingerprint density at radius 2 is 2.03 bits per heavy atom. The first-order valence-electron chi connectivity index (χ1n) is 11.0. The summed E-state index contributed by atoms with van der Waals surface area (Å²) in [5.41, 5.74) is 2.00. The third kappa shape index (κ3) is 7.55. The Labute approximate surface area is 211 Å².